The zero-order chi connectivity index (χ0) is 13.8. The molecular weight excluding hydrogens is 353 g/mol. The first kappa shape index (κ1) is 14.4. The topological polar surface area (TPSA) is 47.0 Å². The lowest BCUT2D eigenvalue weighted by Gasteiger charge is -2.10. The van der Waals surface area contributed by atoms with Gasteiger partial charge in [0, 0.05) is 6.54 Å². The molecule has 4 nitrogen and oxygen atoms in total. The maximum absolute atomic E-state index is 6.07. The Morgan fingerprint density at radius 1 is 1.37 bits per heavy atom. The molecule has 0 unspecified atom stereocenters. The molecule has 0 fully saturated rings. The summed E-state index contributed by atoms with van der Waals surface area (Å²) < 4.78 is 6.28. The highest BCUT2D eigenvalue weighted by molar-refractivity contribution is 9.10. The molecule has 19 heavy (non-hydrogen) atoms. The van der Waals surface area contributed by atoms with Crippen molar-refractivity contribution in [2.24, 2.45) is 0 Å². The predicted molar refractivity (Wildman–Crippen MR) is 80.4 cm³/mol. The molecule has 100 valence electrons. The van der Waals surface area contributed by atoms with Crippen LogP contribution in [0.4, 0.5) is 5.95 Å². The van der Waals surface area contributed by atoms with Gasteiger partial charge >= 0.3 is 0 Å². The Kier molecular flexibility index (Phi) is 4.85. The van der Waals surface area contributed by atoms with Crippen LogP contribution in [-0.4, -0.2) is 16.5 Å². The third kappa shape index (κ3) is 3.49. The summed E-state index contributed by atoms with van der Waals surface area (Å²) in [6.07, 6.45) is 1.61. The van der Waals surface area contributed by atoms with Gasteiger partial charge in [-0.1, -0.05) is 29.3 Å². The van der Waals surface area contributed by atoms with Crippen LogP contribution in [0, 0.1) is 0 Å². The van der Waals surface area contributed by atoms with Gasteiger partial charge in [-0.15, -0.1) is 0 Å². The molecule has 0 aliphatic rings. The molecule has 0 saturated heterocycles. The van der Waals surface area contributed by atoms with E-state index in [1.54, 1.807) is 24.4 Å². The van der Waals surface area contributed by atoms with Crippen molar-refractivity contribution in [3.63, 3.8) is 0 Å². The van der Waals surface area contributed by atoms with Crippen molar-refractivity contribution < 1.29 is 4.74 Å². The standard InChI is InChI=1S/C12H10BrCl2N3O/c1-2-16-12-17-6-7(13)11(18-12)19-9-5-3-4-8(14)10(9)15/h3-6H,2H2,1H3,(H,16,17,18). The quantitative estimate of drug-likeness (QED) is 0.850. The molecule has 1 N–H and O–H groups in total. The Hall–Kier alpha value is -1.04. The third-order valence-corrected chi connectivity index (χ3v) is 3.52. The van der Waals surface area contributed by atoms with Crippen molar-refractivity contribution in [3.05, 3.63) is 38.9 Å². The van der Waals surface area contributed by atoms with Gasteiger partial charge in [0.15, 0.2) is 0 Å². The lowest BCUT2D eigenvalue weighted by molar-refractivity contribution is 0.459. The summed E-state index contributed by atoms with van der Waals surface area (Å²) in [7, 11) is 0. The second-order valence-corrected chi connectivity index (χ2v) is 5.17. The second kappa shape index (κ2) is 6.41. The monoisotopic (exact) mass is 361 g/mol. The number of anilines is 1. The number of hydrogen-bond acceptors (Lipinski definition) is 4. The average Bonchev–Trinajstić information content (AvgIpc) is 2.39. The van der Waals surface area contributed by atoms with Crippen molar-refractivity contribution in [1.29, 1.82) is 0 Å². The van der Waals surface area contributed by atoms with Crippen LogP contribution in [0.15, 0.2) is 28.9 Å². The summed E-state index contributed by atoms with van der Waals surface area (Å²) in [5.41, 5.74) is 0. The molecule has 1 heterocycles. The lowest BCUT2D eigenvalue weighted by Crippen LogP contribution is -2.03. The molecule has 1 aromatic carbocycles. The van der Waals surface area contributed by atoms with Crippen LogP contribution in [0.25, 0.3) is 0 Å². The number of aromatic nitrogens is 2. The third-order valence-electron chi connectivity index (χ3n) is 2.17. The van der Waals surface area contributed by atoms with Crippen LogP contribution in [0.3, 0.4) is 0 Å². The molecule has 0 radical (unpaired) electrons. The first-order valence-corrected chi connectivity index (χ1v) is 7.05. The smallest absolute Gasteiger partial charge is 0.238 e. The zero-order valence-electron chi connectivity index (χ0n) is 9.95. The number of ether oxygens (including phenoxy) is 1. The molecule has 0 bridgehead atoms. The van der Waals surface area contributed by atoms with Crippen molar-refractivity contribution in [2.45, 2.75) is 6.92 Å². The van der Waals surface area contributed by atoms with E-state index in [4.69, 9.17) is 27.9 Å². The van der Waals surface area contributed by atoms with Crippen LogP contribution in [0.5, 0.6) is 11.6 Å². The second-order valence-electron chi connectivity index (χ2n) is 3.53. The van der Waals surface area contributed by atoms with E-state index in [9.17, 15) is 0 Å². The molecule has 2 rings (SSSR count). The summed E-state index contributed by atoms with van der Waals surface area (Å²) >= 11 is 15.3. The number of halogens is 3. The van der Waals surface area contributed by atoms with Crippen LogP contribution in [0.2, 0.25) is 10.0 Å². The Labute approximate surface area is 129 Å². The van der Waals surface area contributed by atoms with Gasteiger partial charge in [-0.2, -0.15) is 4.98 Å². The largest absolute Gasteiger partial charge is 0.436 e. The average molecular weight is 363 g/mol. The van der Waals surface area contributed by atoms with Gasteiger partial charge < -0.3 is 10.1 Å². The molecule has 0 spiro atoms. The number of nitrogens with zero attached hydrogens (tertiary/aromatic N) is 2. The Balaban J connectivity index is 2.32. The normalized spacial score (nSPS) is 10.3. The summed E-state index contributed by atoms with van der Waals surface area (Å²) in [5.74, 6) is 1.30. The molecule has 0 amide bonds. The van der Waals surface area contributed by atoms with E-state index in [1.165, 1.54) is 0 Å². The van der Waals surface area contributed by atoms with Crippen molar-refractivity contribution in [1.82, 2.24) is 9.97 Å². The van der Waals surface area contributed by atoms with Gasteiger partial charge in [-0.05, 0) is 35.0 Å². The van der Waals surface area contributed by atoms with E-state index in [-0.39, 0.29) is 0 Å². The first-order valence-electron chi connectivity index (χ1n) is 5.50. The maximum atomic E-state index is 6.07. The fourth-order valence-electron chi connectivity index (χ4n) is 1.33. The van der Waals surface area contributed by atoms with Crippen molar-refractivity contribution >= 4 is 45.1 Å². The number of nitrogens with one attached hydrogen (secondary N) is 1. The van der Waals surface area contributed by atoms with Crippen LogP contribution in [0.1, 0.15) is 6.92 Å². The summed E-state index contributed by atoms with van der Waals surface area (Å²) in [6.45, 7) is 2.68. The fraction of sp³-hybridized carbons (Fsp3) is 0.167. The fourth-order valence-corrected chi connectivity index (χ4v) is 1.94. The molecule has 0 aliphatic carbocycles. The van der Waals surface area contributed by atoms with E-state index in [1.807, 2.05) is 6.92 Å². The maximum Gasteiger partial charge on any atom is 0.238 e. The van der Waals surface area contributed by atoms with Gasteiger partial charge in [-0.3, -0.25) is 0 Å². The molecule has 7 heteroatoms. The molecule has 0 atom stereocenters. The van der Waals surface area contributed by atoms with Crippen molar-refractivity contribution in [3.8, 4) is 11.6 Å². The van der Waals surface area contributed by atoms with E-state index in [2.05, 4.69) is 31.2 Å². The Bertz CT molecular complexity index is 595. The highest BCUT2D eigenvalue weighted by Gasteiger charge is 2.11. The van der Waals surface area contributed by atoms with Gasteiger partial charge in [0.25, 0.3) is 0 Å². The lowest BCUT2D eigenvalue weighted by atomic mass is 10.3. The SMILES string of the molecule is CCNc1ncc(Br)c(Oc2cccc(Cl)c2Cl)n1. The number of hydrogen-bond donors (Lipinski definition) is 1. The zero-order valence-corrected chi connectivity index (χ0v) is 13.1. The van der Waals surface area contributed by atoms with E-state index >= 15 is 0 Å². The highest BCUT2D eigenvalue weighted by atomic mass is 79.9. The van der Waals surface area contributed by atoms with Gasteiger partial charge in [0.1, 0.15) is 10.8 Å². The number of rotatable bonds is 4. The predicted octanol–water partition coefficient (Wildman–Crippen LogP) is 4.77. The van der Waals surface area contributed by atoms with Crippen LogP contribution >= 0.6 is 39.1 Å². The highest BCUT2D eigenvalue weighted by Crippen LogP contribution is 2.36. The first-order chi connectivity index (χ1) is 9.11. The summed E-state index contributed by atoms with van der Waals surface area (Å²) in [4.78, 5) is 8.34. The molecule has 0 aliphatic heterocycles. The van der Waals surface area contributed by atoms with Gasteiger partial charge in [0.2, 0.25) is 11.8 Å². The van der Waals surface area contributed by atoms with E-state index in [0.29, 0.717) is 32.1 Å². The summed E-state index contributed by atoms with van der Waals surface area (Å²) in [6, 6.07) is 5.16. The molecule has 2 aromatic rings. The number of benzene rings is 1. The van der Waals surface area contributed by atoms with E-state index < -0.39 is 0 Å². The molecule has 0 saturated carbocycles. The molecule has 1 aromatic heterocycles. The van der Waals surface area contributed by atoms with Gasteiger partial charge in [0.05, 0.1) is 15.7 Å². The minimum atomic E-state index is 0.347. The minimum absolute atomic E-state index is 0.347. The Morgan fingerprint density at radius 3 is 2.89 bits per heavy atom. The van der Waals surface area contributed by atoms with Gasteiger partial charge in [-0.25, -0.2) is 4.98 Å². The van der Waals surface area contributed by atoms with E-state index in [0.717, 1.165) is 6.54 Å². The van der Waals surface area contributed by atoms with Crippen LogP contribution in [-0.2, 0) is 0 Å². The molecular formula is C12H10BrCl2N3O. The summed E-state index contributed by atoms with van der Waals surface area (Å²) in [5, 5.41) is 3.78. The van der Waals surface area contributed by atoms with Crippen molar-refractivity contribution in [2.75, 3.05) is 11.9 Å². The van der Waals surface area contributed by atoms with Crippen LogP contribution < -0.4 is 10.1 Å². The Morgan fingerprint density at radius 2 is 2.16 bits per heavy atom. The minimum Gasteiger partial charge on any atom is -0.436 e.